The van der Waals surface area contributed by atoms with Crippen LogP contribution in [0, 0.1) is 0 Å². The van der Waals surface area contributed by atoms with E-state index in [2.05, 4.69) is 27.4 Å². The van der Waals surface area contributed by atoms with Gasteiger partial charge in [-0.05, 0) is 39.2 Å². The van der Waals surface area contributed by atoms with E-state index in [1.54, 1.807) is 0 Å². The minimum Gasteiger partial charge on any atom is -0.305 e. The number of aromatic nitrogens is 3. The van der Waals surface area contributed by atoms with E-state index in [1.165, 1.54) is 19.3 Å². The summed E-state index contributed by atoms with van der Waals surface area (Å²) in [5.41, 5.74) is 0.0175. The highest BCUT2D eigenvalue weighted by Crippen LogP contribution is 2.38. The molecule has 1 aromatic heterocycles. The van der Waals surface area contributed by atoms with Crippen molar-refractivity contribution < 1.29 is 0 Å². The minimum absolute atomic E-state index is 0.0175. The van der Waals surface area contributed by atoms with Crippen LogP contribution >= 0.6 is 0 Å². The summed E-state index contributed by atoms with van der Waals surface area (Å²) < 4.78 is 0. The second kappa shape index (κ2) is 2.79. The van der Waals surface area contributed by atoms with E-state index in [9.17, 15) is 0 Å². The van der Waals surface area contributed by atoms with Crippen LogP contribution in [0.2, 0.25) is 0 Å². The van der Waals surface area contributed by atoms with Crippen LogP contribution in [-0.2, 0) is 5.54 Å². The van der Waals surface area contributed by atoms with Gasteiger partial charge < -0.3 is 5.32 Å². The van der Waals surface area contributed by atoms with Crippen molar-refractivity contribution in [3.05, 3.63) is 11.6 Å². The van der Waals surface area contributed by atoms with Crippen LogP contribution in [0.4, 0.5) is 0 Å². The Hall–Kier alpha value is -0.900. The fraction of sp³-hybridized carbons (Fsp3) is 0.800. The summed E-state index contributed by atoms with van der Waals surface area (Å²) in [6, 6.07) is 0. The topological polar surface area (TPSA) is 53.6 Å². The highest BCUT2D eigenvalue weighted by molar-refractivity contribution is 5.11. The minimum atomic E-state index is 0.0175. The average Bonchev–Trinajstić information content (AvgIpc) is 2.75. The zero-order valence-electron chi connectivity index (χ0n) is 8.51. The van der Waals surface area contributed by atoms with Crippen molar-refractivity contribution in [3.8, 4) is 0 Å². The molecule has 2 aliphatic rings. The van der Waals surface area contributed by atoms with Gasteiger partial charge in [0.2, 0.25) is 0 Å². The molecule has 0 radical (unpaired) electrons. The molecule has 1 saturated heterocycles. The van der Waals surface area contributed by atoms with Gasteiger partial charge in [0.15, 0.2) is 5.82 Å². The maximum atomic E-state index is 4.60. The second-order valence-electron chi connectivity index (χ2n) is 4.68. The molecule has 0 aromatic carbocycles. The first-order chi connectivity index (χ1) is 6.78. The maximum absolute atomic E-state index is 4.60. The van der Waals surface area contributed by atoms with Gasteiger partial charge in [-0.2, -0.15) is 5.10 Å². The fourth-order valence-corrected chi connectivity index (χ4v) is 2.15. The summed E-state index contributed by atoms with van der Waals surface area (Å²) in [4.78, 5) is 4.60. The Morgan fingerprint density at radius 1 is 1.43 bits per heavy atom. The summed E-state index contributed by atoms with van der Waals surface area (Å²) in [6.45, 7) is 3.28. The molecular weight excluding hydrogens is 176 g/mol. The number of rotatable bonds is 2. The molecule has 76 valence electrons. The van der Waals surface area contributed by atoms with Crippen LogP contribution in [0.1, 0.15) is 50.2 Å². The van der Waals surface area contributed by atoms with Crippen LogP contribution in [0.3, 0.4) is 0 Å². The zero-order chi connectivity index (χ0) is 9.60. The number of nitrogens with zero attached hydrogens (tertiary/aromatic N) is 2. The van der Waals surface area contributed by atoms with E-state index in [4.69, 9.17) is 0 Å². The van der Waals surface area contributed by atoms with Crippen LogP contribution in [0.25, 0.3) is 0 Å². The predicted molar refractivity (Wildman–Crippen MR) is 52.9 cm³/mol. The van der Waals surface area contributed by atoms with Crippen molar-refractivity contribution >= 4 is 0 Å². The van der Waals surface area contributed by atoms with Crippen molar-refractivity contribution in [2.75, 3.05) is 6.54 Å². The molecule has 1 aromatic rings. The Kier molecular flexibility index (Phi) is 1.68. The largest absolute Gasteiger partial charge is 0.305 e. The van der Waals surface area contributed by atoms with E-state index < -0.39 is 0 Å². The third kappa shape index (κ3) is 1.25. The monoisotopic (exact) mass is 192 g/mol. The molecule has 2 heterocycles. The zero-order valence-corrected chi connectivity index (χ0v) is 8.51. The van der Waals surface area contributed by atoms with Gasteiger partial charge in [0.05, 0.1) is 5.54 Å². The van der Waals surface area contributed by atoms with Crippen molar-refractivity contribution in [2.24, 2.45) is 0 Å². The maximum Gasteiger partial charge on any atom is 0.170 e. The second-order valence-corrected chi connectivity index (χ2v) is 4.68. The predicted octanol–water partition coefficient (Wildman–Crippen LogP) is 1.28. The van der Waals surface area contributed by atoms with Gasteiger partial charge in [-0.3, -0.25) is 5.10 Å². The fourth-order valence-electron chi connectivity index (χ4n) is 2.15. The van der Waals surface area contributed by atoms with Crippen molar-refractivity contribution in [1.29, 1.82) is 0 Å². The molecule has 2 N–H and O–H groups in total. The molecule has 1 aliphatic heterocycles. The SMILES string of the molecule is CC1(c2n[nH]c(C3CC3)n2)CCCN1. The number of hydrogen-bond donors (Lipinski definition) is 2. The Bertz CT molecular complexity index is 334. The van der Waals surface area contributed by atoms with E-state index in [-0.39, 0.29) is 5.54 Å². The third-order valence-corrected chi connectivity index (χ3v) is 3.33. The van der Waals surface area contributed by atoms with E-state index in [1.807, 2.05) is 0 Å². The Balaban J connectivity index is 1.87. The Labute approximate surface area is 83.5 Å². The summed E-state index contributed by atoms with van der Waals surface area (Å²) in [7, 11) is 0. The molecule has 1 saturated carbocycles. The smallest absolute Gasteiger partial charge is 0.170 e. The quantitative estimate of drug-likeness (QED) is 0.742. The van der Waals surface area contributed by atoms with Gasteiger partial charge in [-0.15, -0.1) is 0 Å². The molecular formula is C10H16N4. The van der Waals surface area contributed by atoms with Crippen LogP contribution in [0.15, 0.2) is 0 Å². The lowest BCUT2D eigenvalue weighted by Crippen LogP contribution is -2.34. The highest BCUT2D eigenvalue weighted by atomic mass is 15.3. The van der Waals surface area contributed by atoms with Crippen LogP contribution in [-0.4, -0.2) is 21.7 Å². The molecule has 0 spiro atoms. The first kappa shape index (κ1) is 8.41. The van der Waals surface area contributed by atoms with Crippen molar-refractivity contribution in [2.45, 2.75) is 44.1 Å². The van der Waals surface area contributed by atoms with Gasteiger partial charge in [-0.25, -0.2) is 4.98 Å². The van der Waals surface area contributed by atoms with Gasteiger partial charge in [0.1, 0.15) is 5.82 Å². The molecule has 1 unspecified atom stereocenters. The normalized spacial score (nSPS) is 32.4. The van der Waals surface area contributed by atoms with Gasteiger partial charge in [-0.1, -0.05) is 0 Å². The summed E-state index contributed by atoms with van der Waals surface area (Å²) >= 11 is 0. The molecule has 0 bridgehead atoms. The lowest BCUT2D eigenvalue weighted by molar-refractivity contribution is 0.408. The van der Waals surface area contributed by atoms with E-state index in [0.29, 0.717) is 5.92 Å². The number of aromatic amines is 1. The van der Waals surface area contributed by atoms with Gasteiger partial charge >= 0.3 is 0 Å². The lowest BCUT2D eigenvalue weighted by Gasteiger charge is -2.19. The van der Waals surface area contributed by atoms with E-state index in [0.717, 1.165) is 24.6 Å². The molecule has 0 amide bonds. The summed E-state index contributed by atoms with van der Waals surface area (Å²) in [6.07, 6.45) is 4.93. The third-order valence-electron chi connectivity index (χ3n) is 3.33. The van der Waals surface area contributed by atoms with Crippen LogP contribution in [0.5, 0.6) is 0 Å². The molecule has 3 rings (SSSR count). The first-order valence-electron chi connectivity index (χ1n) is 5.46. The van der Waals surface area contributed by atoms with Crippen molar-refractivity contribution in [1.82, 2.24) is 20.5 Å². The molecule has 14 heavy (non-hydrogen) atoms. The molecule has 1 aliphatic carbocycles. The van der Waals surface area contributed by atoms with Gasteiger partial charge in [0, 0.05) is 5.92 Å². The standard InChI is InChI=1S/C10H16N4/c1-10(5-2-6-11-10)9-12-8(13-14-9)7-3-4-7/h7,11H,2-6H2,1H3,(H,12,13,14). The van der Waals surface area contributed by atoms with E-state index >= 15 is 0 Å². The van der Waals surface area contributed by atoms with Crippen molar-refractivity contribution in [3.63, 3.8) is 0 Å². The number of nitrogens with one attached hydrogen (secondary N) is 2. The molecule has 1 atom stereocenters. The summed E-state index contributed by atoms with van der Waals surface area (Å²) in [5, 5.41) is 10.9. The number of H-pyrrole nitrogens is 1. The van der Waals surface area contributed by atoms with Crippen LogP contribution < -0.4 is 5.32 Å². The molecule has 2 fully saturated rings. The summed E-state index contributed by atoms with van der Waals surface area (Å²) in [5.74, 6) is 2.72. The first-order valence-corrected chi connectivity index (χ1v) is 5.46. The Morgan fingerprint density at radius 2 is 2.29 bits per heavy atom. The number of hydrogen-bond acceptors (Lipinski definition) is 3. The molecule has 4 nitrogen and oxygen atoms in total. The molecule has 4 heteroatoms. The highest BCUT2D eigenvalue weighted by Gasteiger charge is 2.35. The lowest BCUT2D eigenvalue weighted by atomic mass is 10.00. The Morgan fingerprint density at radius 3 is 2.93 bits per heavy atom. The average molecular weight is 192 g/mol. The van der Waals surface area contributed by atoms with Gasteiger partial charge in [0.25, 0.3) is 0 Å².